The number of nitrogens with two attached hydrogens (primary N) is 1. The maximum absolute atomic E-state index is 11.5. The average molecular weight is 287 g/mol. The van der Waals surface area contributed by atoms with Crippen LogP contribution >= 0.6 is 0 Å². The molecule has 1 aliphatic carbocycles. The summed E-state index contributed by atoms with van der Waals surface area (Å²) in [6, 6.07) is 5.42. The van der Waals surface area contributed by atoms with Crippen LogP contribution in [0.1, 0.15) is 48.8 Å². The highest BCUT2D eigenvalue weighted by atomic mass is 16.3. The summed E-state index contributed by atoms with van der Waals surface area (Å²) in [5.74, 6) is 1.40. The SMILES string of the molecule is CC1CC(O)CC(C)C1c1nc2c(C(N)=O)cccc2[nH]1. The van der Waals surface area contributed by atoms with E-state index in [0.717, 1.165) is 24.2 Å². The molecular weight excluding hydrogens is 266 g/mol. The van der Waals surface area contributed by atoms with Gasteiger partial charge in [-0.15, -0.1) is 0 Å². The molecule has 2 unspecified atom stereocenters. The monoisotopic (exact) mass is 287 g/mol. The third-order valence-corrected chi connectivity index (χ3v) is 4.63. The molecule has 5 nitrogen and oxygen atoms in total. The van der Waals surface area contributed by atoms with Crippen molar-refractivity contribution in [3.8, 4) is 0 Å². The Morgan fingerprint density at radius 1 is 1.33 bits per heavy atom. The maximum Gasteiger partial charge on any atom is 0.250 e. The molecule has 2 atom stereocenters. The van der Waals surface area contributed by atoms with Crippen molar-refractivity contribution >= 4 is 16.9 Å². The first-order valence-corrected chi connectivity index (χ1v) is 7.44. The van der Waals surface area contributed by atoms with Gasteiger partial charge in [0, 0.05) is 5.92 Å². The molecule has 1 aromatic carbocycles. The molecule has 0 bridgehead atoms. The van der Waals surface area contributed by atoms with Crippen LogP contribution in [-0.2, 0) is 0 Å². The number of nitrogens with one attached hydrogen (secondary N) is 1. The largest absolute Gasteiger partial charge is 0.393 e. The molecule has 1 heterocycles. The number of amides is 1. The number of fused-ring (bicyclic) bond motifs is 1. The van der Waals surface area contributed by atoms with Crippen molar-refractivity contribution in [3.05, 3.63) is 29.6 Å². The van der Waals surface area contributed by atoms with E-state index in [9.17, 15) is 9.90 Å². The highest BCUT2D eigenvalue weighted by molar-refractivity contribution is 6.04. The van der Waals surface area contributed by atoms with Gasteiger partial charge in [0.25, 0.3) is 5.91 Å². The molecule has 0 saturated heterocycles. The molecule has 1 fully saturated rings. The lowest BCUT2D eigenvalue weighted by molar-refractivity contribution is 0.0635. The standard InChI is InChI=1S/C16H21N3O2/c1-8-6-10(20)7-9(2)13(8)16-18-12-5-3-4-11(15(17)21)14(12)19-16/h3-5,8-10,13,20H,6-7H2,1-2H3,(H2,17,21)(H,18,19). The first-order valence-electron chi connectivity index (χ1n) is 7.44. The van der Waals surface area contributed by atoms with Crippen molar-refractivity contribution in [1.29, 1.82) is 0 Å². The summed E-state index contributed by atoms with van der Waals surface area (Å²) in [7, 11) is 0. The van der Waals surface area contributed by atoms with Crippen molar-refractivity contribution in [3.63, 3.8) is 0 Å². The Labute approximate surface area is 123 Å². The molecule has 112 valence electrons. The third-order valence-electron chi connectivity index (χ3n) is 4.63. The number of carbonyl (C=O) groups is 1. The summed E-state index contributed by atoms with van der Waals surface area (Å²) in [5, 5.41) is 9.88. The molecule has 4 N–H and O–H groups in total. The predicted octanol–water partition coefficient (Wildman–Crippen LogP) is 2.17. The molecule has 3 rings (SSSR count). The summed E-state index contributed by atoms with van der Waals surface area (Å²) in [6.45, 7) is 4.29. The molecule has 1 amide bonds. The second-order valence-corrected chi connectivity index (χ2v) is 6.29. The van der Waals surface area contributed by atoms with Crippen LogP contribution in [0.5, 0.6) is 0 Å². The number of aromatic nitrogens is 2. The maximum atomic E-state index is 11.5. The van der Waals surface area contributed by atoms with E-state index in [2.05, 4.69) is 23.8 Å². The van der Waals surface area contributed by atoms with Crippen LogP contribution in [0.2, 0.25) is 0 Å². The first-order chi connectivity index (χ1) is 9.97. The van der Waals surface area contributed by atoms with Crippen LogP contribution in [0.4, 0.5) is 0 Å². The lowest BCUT2D eigenvalue weighted by atomic mass is 9.72. The van der Waals surface area contributed by atoms with Crippen LogP contribution in [0.3, 0.4) is 0 Å². The van der Waals surface area contributed by atoms with E-state index in [1.165, 1.54) is 0 Å². The van der Waals surface area contributed by atoms with Gasteiger partial charge < -0.3 is 15.8 Å². The van der Waals surface area contributed by atoms with Crippen molar-refractivity contribution in [2.45, 2.75) is 38.7 Å². The van der Waals surface area contributed by atoms with E-state index in [-0.39, 0.29) is 12.0 Å². The molecule has 5 heteroatoms. The summed E-state index contributed by atoms with van der Waals surface area (Å²) < 4.78 is 0. The molecule has 1 aromatic heterocycles. The smallest absolute Gasteiger partial charge is 0.250 e. The minimum atomic E-state index is -0.459. The van der Waals surface area contributed by atoms with Crippen molar-refractivity contribution in [2.75, 3.05) is 0 Å². The van der Waals surface area contributed by atoms with Gasteiger partial charge in [0.2, 0.25) is 0 Å². The average Bonchev–Trinajstić information content (AvgIpc) is 2.79. The van der Waals surface area contributed by atoms with Crippen molar-refractivity contribution in [2.24, 2.45) is 17.6 Å². The summed E-state index contributed by atoms with van der Waals surface area (Å²) in [6.07, 6.45) is 1.35. The zero-order valence-electron chi connectivity index (χ0n) is 12.3. The van der Waals surface area contributed by atoms with Crippen molar-refractivity contribution in [1.82, 2.24) is 9.97 Å². The Hall–Kier alpha value is -1.88. The normalized spacial score (nSPS) is 29.7. The van der Waals surface area contributed by atoms with Gasteiger partial charge in [-0.05, 0) is 36.8 Å². The lowest BCUT2D eigenvalue weighted by Gasteiger charge is -2.35. The molecule has 0 radical (unpaired) electrons. The number of benzene rings is 1. The number of imidazole rings is 1. The van der Waals surface area contributed by atoms with Crippen LogP contribution in [0.25, 0.3) is 11.0 Å². The van der Waals surface area contributed by atoms with Crippen LogP contribution in [-0.4, -0.2) is 27.1 Å². The van der Waals surface area contributed by atoms with Gasteiger partial charge in [-0.25, -0.2) is 4.98 Å². The van der Waals surface area contributed by atoms with Gasteiger partial charge in [-0.3, -0.25) is 4.79 Å². The van der Waals surface area contributed by atoms with Crippen molar-refractivity contribution < 1.29 is 9.90 Å². The van der Waals surface area contributed by atoms with E-state index in [1.54, 1.807) is 6.07 Å². The molecular formula is C16H21N3O2. The highest BCUT2D eigenvalue weighted by Crippen LogP contribution is 2.41. The number of para-hydroxylation sites is 1. The number of hydrogen-bond acceptors (Lipinski definition) is 3. The minimum absolute atomic E-state index is 0.225. The van der Waals surface area contributed by atoms with Gasteiger partial charge in [0.15, 0.2) is 0 Å². The number of aliphatic hydroxyl groups excluding tert-OH is 1. The van der Waals surface area contributed by atoms with E-state index in [0.29, 0.717) is 22.9 Å². The number of rotatable bonds is 2. The predicted molar refractivity (Wildman–Crippen MR) is 80.9 cm³/mol. The number of aromatic amines is 1. The van der Waals surface area contributed by atoms with E-state index >= 15 is 0 Å². The topological polar surface area (TPSA) is 92.0 Å². The number of hydrogen-bond donors (Lipinski definition) is 3. The summed E-state index contributed by atoms with van der Waals surface area (Å²) in [5.41, 5.74) is 7.35. The summed E-state index contributed by atoms with van der Waals surface area (Å²) >= 11 is 0. The molecule has 2 aromatic rings. The van der Waals surface area contributed by atoms with Gasteiger partial charge in [0.1, 0.15) is 11.3 Å². The van der Waals surface area contributed by atoms with Crippen LogP contribution in [0.15, 0.2) is 18.2 Å². The van der Waals surface area contributed by atoms with Gasteiger partial charge in [-0.2, -0.15) is 0 Å². The van der Waals surface area contributed by atoms with Gasteiger partial charge in [0.05, 0.1) is 17.2 Å². The molecule has 21 heavy (non-hydrogen) atoms. The minimum Gasteiger partial charge on any atom is -0.393 e. The Bertz CT molecular complexity index is 667. The number of carbonyl (C=O) groups excluding carboxylic acids is 1. The van der Waals surface area contributed by atoms with Crippen LogP contribution in [0, 0.1) is 11.8 Å². The fraction of sp³-hybridized carbons (Fsp3) is 0.500. The molecule has 0 spiro atoms. The number of nitrogens with zero attached hydrogens (tertiary/aromatic N) is 1. The zero-order chi connectivity index (χ0) is 15.1. The number of H-pyrrole nitrogens is 1. The Kier molecular flexibility index (Phi) is 3.45. The highest BCUT2D eigenvalue weighted by Gasteiger charge is 2.35. The van der Waals surface area contributed by atoms with Gasteiger partial charge >= 0.3 is 0 Å². The quantitative estimate of drug-likeness (QED) is 0.790. The number of primary amides is 1. The molecule has 1 saturated carbocycles. The third kappa shape index (κ3) is 2.42. The summed E-state index contributed by atoms with van der Waals surface area (Å²) in [4.78, 5) is 19.5. The van der Waals surface area contributed by atoms with E-state index in [1.807, 2.05) is 12.1 Å². The number of aliphatic hydroxyl groups is 1. The Morgan fingerprint density at radius 3 is 2.62 bits per heavy atom. The first kappa shape index (κ1) is 14.1. The zero-order valence-corrected chi connectivity index (χ0v) is 12.3. The van der Waals surface area contributed by atoms with E-state index in [4.69, 9.17) is 5.73 Å². The Balaban J connectivity index is 2.05. The van der Waals surface area contributed by atoms with Crippen LogP contribution < -0.4 is 5.73 Å². The molecule has 0 aliphatic heterocycles. The second kappa shape index (κ2) is 5.15. The van der Waals surface area contributed by atoms with Gasteiger partial charge in [-0.1, -0.05) is 19.9 Å². The lowest BCUT2D eigenvalue weighted by Crippen LogP contribution is -2.31. The second-order valence-electron chi connectivity index (χ2n) is 6.29. The van der Waals surface area contributed by atoms with E-state index < -0.39 is 5.91 Å². The fourth-order valence-corrected chi connectivity index (χ4v) is 3.76. The Morgan fingerprint density at radius 2 is 2.00 bits per heavy atom. The molecule has 1 aliphatic rings. The fourth-order valence-electron chi connectivity index (χ4n) is 3.76.